The smallest absolute Gasteiger partial charge is 0.245 e. The van der Waals surface area contributed by atoms with Gasteiger partial charge in [0.2, 0.25) is 11.8 Å². The molecule has 0 atom stereocenters. The van der Waals surface area contributed by atoms with Crippen LogP contribution in [0.2, 0.25) is 0 Å². The predicted molar refractivity (Wildman–Crippen MR) is 74.7 cm³/mol. The Bertz CT molecular complexity index is 626. The highest BCUT2D eigenvalue weighted by Crippen LogP contribution is 2.22. The van der Waals surface area contributed by atoms with Gasteiger partial charge in [-0.25, -0.2) is 9.97 Å². The van der Waals surface area contributed by atoms with Crippen molar-refractivity contribution in [2.24, 2.45) is 0 Å². The summed E-state index contributed by atoms with van der Waals surface area (Å²) in [6.07, 6.45) is 1.37. The number of hydrogen-bond acceptors (Lipinski definition) is 5. The normalized spacial score (nSPS) is 11.1. The molecule has 0 saturated carbocycles. The molecule has 1 N–H and O–H groups in total. The zero-order chi connectivity index (χ0) is 14.7. The average Bonchev–Trinajstić information content (AvgIpc) is 2.75. The predicted octanol–water partition coefficient (Wildman–Crippen LogP) is 1.10. The Labute approximate surface area is 121 Å². The minimum Gasteiger partial charge on any atom is -0.479 e. The molecule has 0 fully saturated rings. The Hall–Kier alpha value is -1.89. The topological polar surface area (TPSA) is 81.9 Å². The number of amides is 1. The average molecular weight is 298 g/mol. The monoisotopic (exact) mass is 297 g/mol. The lowest BCUT2D eigenvalue weighted by molar-refractivity contribution is -0.122. The van der Waals surface area contributed by atoms with Crippen molar-refractivity contribution in [1.82, 2.24) is 24.8 Å². The first kappa shape index (κ1) is 14.5. The fraction of sp³-hybridized carbons (Fsp3) is 0.500. The molecule has 0 radical (unpaired) electrons. The fourth-order valence-electron chi connectivity index (χ4n) is 1.89. The van der Waals surface area contributed by atoms with Crippen LogP contribution in [0, 0.1) is 0 Å². The summed E-state index contributed by atoms with van der Waals surface area (Å²) in [5, 5.41) is 2.82. The number of hydrogen-bond donors (Lipinski definition) is 1. The summed E-state index contributed by atoms with van der Waals surface area (Å²) in [5.74, 6) is 0.973. The van der Waals surface area contributed by atoms with Crippen LogP contribution in [0.1, 0.15) is 19.7 Å². The summed E-state index contributed by atoms with van der Waals surface area (Å²) in [6, 6.07) is 0.0703. The second-order valence-corrected chi connectivity index (χ2v) is 4.79. The van der Waals surface area contributed by atoms with Crippen LogP contribution in [0.3, 0.4) is 0 Å². The zero-order valence-electron chi connectivity index (χ0n) is 11.6. The molecule has 0 spiro atoms. The first-order valence-corrected chi connectivity index (χ1v) is 6.69. The highest BCUT2D eigenvalue weighted by molar-refractivity contribution is 6.16. The number of imidazole rings is 1. The molecular weight excluding hydrogens is 282 g/mol. The number of nitrogens with zero attached hydrogens (tertiary/aromatic N) is 4. The molecule has 7 nitrogen and oxygen atoms in total. The van der Waals surface area contributed by atoms with Crippen molar-refractivity contribution in [2.75, 3.05) is 7.11 Å². The lowest BCUT2D eigenvalue weighted by atomic mass is 10.4. The highest BCUT2D eigenvalue weighted by Gasteiger charge is 2.17. The van der Waals surface area contributed by atoms with Crippen LogP contribution in [-0.4, -0.2) is 38.6 Å². The standard InChI is InChI=1S/C12H16ClN5O2/c1-7(2)16-9(19)5-18-8(4-13)17-10-11(18)14-6-15-12(10)20-3/h6-7H,4-5H2,1-3H3,(H,16,19). The van der Waals surface area contributed by atoms with Crippen molar-refractivity contribution in [2.45, 2.75) is 32.3 Å². The summed E-state index contributed by atoms with van der Waals surface area (Å²) in [7, 11) is 1.51. The van der Waals surface area contributed by atoms with E-state index in [1.54, 1.807) is 4.57 Å². The van der Waals surface area contributed by atoms with Gasteiger partial charge >= 0.3 is 0 Å². The zero-order valence-corrected chi connectivity index (χ0v) is 12.3. The highest BCUT2D eigenvalue weighted by atomic mass is 35.5. The number of aromatic nitrogens is 4. The van der Waals surface area contributed by atoms with E-state index < -0.39 is 0 Å². The van der Waals surface area contributed by atoms with Gasteiger partial charge < -0.3 is 14.6 Å². The van der Waals surface area contributed by atoms with Gasteiger partial charge in [0.05, 0.1) is 13.0 Å². The van der Waals surface area contributed by atoms with Gasteiger partial charge in [0.25, 0.3) is 0 Å². The second-order valence-electron chi connectivity index (χ2n) is 4.53. The Morgan fingerprint density at radius 3 is 2.85 bits per heavy atom. The maximum Gasteiger partial charge on any atom is 0.245 e. The Kier molecular flexibility index (Phi) is 4.39. The molecule has 2 aromatic heterocycles. The number of carbonyl (C=O) groups is 1. The summed E-state index contributed by atoms with van der Waals surface area (Å²) in [6.45, 7) is 3.91. The molecule has 2 heterocycles. The molecule has 0 bridgehead atoms. The van der Waals surface area contributed by atoms with Gasteiger partial charge in [0, 0.05) is 6.04 Å². The lowest BCUT2D eigenvalue weighted by Crippen LogP contribution is -2.33. The van der Waals surface area contributed by atoms with E-state index in [4.69, 9.17) is 16.3 Å². The van der Waals surface area contributed by atoms with Gasteiger partial charge in [-0.2, -0.15) is 4.98 Å². The molecule has 0 unspecified atom stereocenters. The van der Waals surface area contributed by atoms with Crippen LogP contribution >= 0.6 is 11.6 Å². The molecule has 2 aromatic rings. The van der Waals surface area contributed by atoms with Crippen molar-refractivity contribution in [1.29, 1.82) is 0 Å². The van der Waals surface area contributed by atoms with Crippen LogP contribution in [0.15, 0.2) is 6.33 Å². The number of methoxy groups -OCH3 is 1. The van der Waals surface area contributed by atoms with Crippen LogP contribution in [-0.2, 0) is 17.2 Å². The van der Waals surface area contributed by atoms with Gasteiger partial charge in [-0.3, -0.25) is 4.79 Å². The molecule has 0 aliphatic rings. The summed E-state index contributed by atoms with van der Waals surface area (Å²) < 4.78 is 6.81. The van der Waals surface area contributed by atoms with Crippen LogP contribution in [0.5, 0.6) is 5.88 Å². The molecule has 2 rings (SSSR count). The van der Waals surface area contributed by atoms with Gasteiger partial charge in [-0.05, 0) is 13.8 Å². The van der Waals surface area contributed by atoms with Gasteiger partial charge in [-0.15, -0.1) is 11.6 Å². The molecule has 0 aromatic carbocycles. The van der Waals surface area contributed by atoms with E-state index >= 15 is 0 Å². The maximum absolute atomic E-state index is 11.9. The molecule has 0 aliphatic heterocycles. The van der Waals surface area contributed by atoms with E-state index in [0.29, 0.717) is 22.9 Å². The van der Waals surface area contributed by atoms with Gasteiger partial charge in [-0.1, -0.05) is 0 Å². The molecular formula is C12H16ClN5O2. The van der Waals surface area contributed by atoms with Crippen LogP contribution < -0.4 is 10.1 Å². The quantitative estimate of drug-likeness (QED) is 0.836. The minimum absolute atomic E-state index is 0.0703. The van der Waals surface area contributed by atoms with Crippen molar-refractivity contribution in [3.05, 3.63) is 12.2 Å². The van der Waals surface area contributed by atoms with E-state index in [1.807, 2.05) is 13.8 Å². The largest absolute Gasteiger partial charge is 0.479 e. The van der Waals surface area contributed by atoms with Crippen molar-refractivity contribution >= 4 is 28.7 Å². The summed E-state index contributed by atoms with van der Waals surface area (Å²) in [5.41, 5.74) is 1.04. The first-order chi connectivity index (χ1) is 9.56. The number of halogens is 1. The third kappa shape index (κ3) is 2.82. The molecule has 108 valence electrons. The van der Waals surface area contributed by atoms with Crippen molar-refractivity contribution in [3.63, 3.8) is 0 Å². The fourth-order valence-corrected chi connectivity index (χ4v) is 2.09. The van der Waals surface area contributed by atoms with Crippen molar-refractivity contribution in [3.8, 4) is 5.88 Å². The van der Waals surface area contributed by atoms with Gasteiger partial charge in [0.1, 0.15) is 18.7 Å². The minimum atomic E-state index is -0.122. The summed E-state index contributed by atoms with van der Waals surface area (Å²) in [4.78, 5) is 24.4. The molecule has 0 aliphatic carbocycles. The Balaban J connectivity index is 2.43. The van der Waals surface area contributed by atoms with E-state index in [1.165, 1.54) is 13.4 Å². The molecule has 20 heavy (non-hydrogen) atoms. The maximum atomic E-state index is 11.9. The number of rotatable bonds is 5. The van der Waals surface area contributed by atoms with E-state index in [0.717, 1.165) is 0 Å². The Morgan fingerprint density at radius 2 is 2.25 bits per heavy atom. The number of alkyl halides is 1. The van der Waals surface area contributed by atoms with Gasteiger partial charge in [0.15, 0.2) is 11.2 Å². The number of nitrogens with one attached hydrogen (secondary N) is 1. The van der Waals surface area contributed by atoms with Crippen LogP contribution in [0.25, 0.3) is 11.2 Å². The number of ether oxygens (including phenoxy) is 1. The SMILES string of the molecule is COc1ncnc2c1nc(CCl)n2CC(=O)NC(C)C. The molecule has 0 saturated heterocycles. The van der Waals surface area contributed by atoms with Crippen molar-refractivity contribution < 1.29 is 9.53 Å². The molecule has 8 heteroatoms. The lowest BCUT2D eigenvalue weighted by Gasteiger charge is -2.10. The second kappa shape index (κ2) is 6.04. The number of fused-ring (bicyclic) bond motifs is 1. The third-order valence-corrected chi connectivity index (χ3v) is 2.88. The summed E-state index contributed by atoms with van der Waals surface area (Å²) >= 11 is 5.88. The molecule has 1 amide bonds. The van der Waals surface area contributed by atoms with Crippen LogP contribution in [0.4, 0.5) is 0 Å². The number of carbonyl (C=O) groups excluding carboxylic acids is 1. The van der Waals surface area contributed by atoms with E-state index in [9.17, 15) is 4.79 Å². The third-order valence-electron chi connectivity index (χ3n) is 2.64. The Morgan fingerprint density at radius 1 is 1.50 bits per heavy atom. The first-order valence-electron chi connectivity index (χ1n) is 6.16. The van der Waals surface area contributed by atoms with E-state index in [2.05, 4.69) is 20.3 Å². The van der Waals surface area contributed by atoms with E-state index in [-0.39, 0.29) is 24.4 Å².